The van der Waals surface area contributed by atoms with Crippen molar-refractivity contribution < 1.29 is 19.4 Å². The Kier molecular flexibility index (Phi) is 5.87. The minimum Gasteiger partial charge on any atom is -0.468 e. The summed E-state index contributed by atoms with van der Waals surface area (Å²) in [4.78, 5) is 22.6. The highest BCUT2D eigenvalue weighted by molar-refractivity contribution is 5.83. The fraction of sp³-hybridized carbons (Fsp3) is 0.385. The van der Waals surface area contributed by atoms with Crippen molar-refractivity contribution in [2.24, 2.45) is 5.92 Å². The second kappa shape index (κ2) is 7.45. The van der Waals surface area contributed by atoms with E-state index >= 15 is 0 Å². The van der Waals surface area contributed by atoms with Gasteiger partial charge in [0.25, 0.3) is 0 Å². The highest BCUT2D eigenvalue weighted by Crippen LogP contribution is 2.08. The van der Waals surface area contributed by atoms with Crippen LogP contribution in [0.1, 0.15) is 5.56 Å². The number of ether oxygens (including phenoxy) is 1. The summed E-state index contributed by atoms with van der Waals surface area (Å²) in [6, 6.07) is 9.40. The number of methoxy groups -OCH3 is 1. The number of hydrogen-bond acceptors (Lipinski definition) is 4. The van der Waals surface area contributed by atoms with Gasteiger partial charge in [0, 0.05) is 0 Å². The van der Waals surface area contributed by atoms with E-state index in [1.54, 1.807) is 0 Å². The maximum Gasteiger partial charge on any atom is 0.325 e. The summed E-state index contributed by atoms with van der Waals surface area (Å²) in [5.74, 6) is -1.43. The Morgan fingerprint density at radius 2 is 2.00 bits per heavy atom. The molecule has 0 aromatic heterocycles. The van der Waals surface area contributed by atoms with E-state index in [-0.39, 0.29) is 19.1 Å². The molecule has 1 rings (SSSR count). The van der Waals surface area contributed by atoms with Gasteiger partial charge in [-0.1, -0.05) is 30.3 Å². The van der Waals surface area contributed by atoms with Gasteiger partial charge in [0.1, 0.15) is 6.54 Å². The molecule has 0 aliphatic heterocycles. The molecule has 0 heterocycles. The number of amides is 1. The van der Waals surface area contributed by atoms with Crippen LogP contribution in [-0.2, 0) is 20.7 Å². The summed E-state index contributed by atoms with van der Waals surface area (Å²) < 4.78 is 4.42. The van der Waals surface area contributed by atoms with Gasteiger partial charge in [0.15, 0.2) is 0 Å². The van der Waals surface area contributed by atoms with Crippen molar-refractivity contribution in [3.8, 4) is 0 Å². The first kappa shape index (κ1) is 14.2. The molecule has 0 saturated carbocycles. The number of aliphatic hydroxyl groups is 1. The number of carbonyl (C=O) groups is 2. The van der Waals surface area contributed by atoms with E-state index in [0.29, 0.717) is 6.42 Å². The zero-order valence-corrected chi connectivity index (χ0v) is 10.3. The Labute approximate surface area is 106 Å². The van der Waals surface area contributed by atoms with E-state index in [0.717, 1.165) is 5.56 Å². The average molecular weight is 251 g/mol. The highest BCUT2D eigenvalue weighted by atomic mass is 16.5. The van der Waals surface area contributed by atoms with Crippen LogP contribution in [0.25, 0.3) is 0 Å². The van der Waals surface area contributed by atoms with Gasteiger partial charge >= 0.3 is 5.97 Å². The van der Waals surface area contributed by atoms with Crippen molar-refractivity contribution >= 4 is 11.9 Å². The molecule has 1 aromatic rings. The summed E-state index contributed by atoms with van der Waals surface area (Å²) >= 11 is 0. The Balaban J connectivity index is 2.50. The van der Waals surface area contributed by atoms with Crippen LogP contribution >= 0.6 is 0 Å². The number of nitrogens with one attached hydrogen (secondary N) is 1. The van der Waals surface area contributed by atoms with E-state index in [1.807, 2.05) is 30.3 Å². The average Bonchev–Trinajstić information content (AvgIpc) is 2.42. The molecule has 18 heavy (non-hydrogen) atoms. The largest absolute Gasteiger partial charge is 0.468 e. The first-order chi connectivity index (χ1) is 8.67. The van der Waals surface area contributed by atoms with Crippen molar-refractivity contribution in [3.63, 3.8) is 0 Å². The van der Waals surface area contributed by atoms with E-state index in [9.17, 15) is 14.7 Å². The maximum absolute atomic E-state index is 11.7. The van der Waals surface area contributed by atoms with Crippen LogP contribution in [-0.4, -0.2) is 37.2 Å². The summed E-state index contributed by atoms with van der Waals surface area (Å²) in [6.07, 6.45) is 0.435. The van der Waals surface area contributed by atoms with Crippen LogP contribution in [0.15, 0.2) is 30.3 Å². The molecule has 0 bridgehead atoms. The molecule has 0 spiro atoms. The van der Waals surface area contributed by atoms with Crippen LogP contribution in [0.4, 0.5) is 0 Å². The Bertz CT molecular complexity index is 391. The molecular weight excluding hydrogens is 234 g/mol. The third-order valence-corrected chi connectivity index (χ3v) is 2.55. The van der Waals surface area contributed by atoms with Gasteiger partial charge in [-0.15, -0.1) is 0 Å². The number of aliphatic hydroxyl groups excluding tert-OH is 1. The van der Waals surface area contributed by atoms with Gasteiger partial charge < -0.3 is 15.2 Å². The van der Waals surface area contributed by atoms with Crippen LogP contribution < -0.4 is 5.32 Å². The molecule has 1 atom stereocenters. The number of rotatable bonds is 6. The summed E-state index contributed by atoms with van der Waals surface area (Å²) in [7, 11) is 1.25. The summed E-state index contributed by atoms with van der Waals surface area (Å²) in [5.41, 5.74) is 0.963. The molecule has 1 aromatic carbocycles. The van der Waals surface area contributed by atoms with Crippen LogP contribution in [0, 0.1) is 5.92 Å². The van der Waals surface area contributed by atoms with Crippen LogP contribution in [0.5, 0.6) is 0 Å². The molecule has 0 aliphatic rings. The van der Waals surface area contributed by atoms with Crippen LogP contribution in [0.3, 0.4) is 0 Å². The van der Waals surface area contributed by atoms with Crippen molar-refractivity contribution in [3.05, 3.63) is 35.9 Å². The predicted octanol–water partition coefficient (Wildman–Crippen LogP) is 0.127. The SMILES string of the molecule is COC(=O)CNC(=O)[C@H](CO)Cc1ccccc1. The minimum absolute atomic E-state index is 0.180. The molecule has 98 valence electrons. The molecular formula is C13H17NO4. The quantitative estimate of drug-likeness (QED) is 0.704. The second-order valence-electron chi connectivity index (χ2n) is 3.86. The zero-order valence-electron chi connectivity index (χ0n) is 10.3. The number of hydrogen-bond donors (Lipinski definition) is 2. The smallest absolute Gasteiger partial charge is 0.325 e. The van der Waals surface area contributed by atoms with Gasteiger partial charge in [-0.25, -0.2) is 0 Å². The third-order valence-electron chi connectivity index (χ3n) is 2.55. The van der Waals surface area contributed by atoms with Crippen molar-refractivity contribution in [2.75, 3.05) is 20.3 Å². The Hall–Kier alpha value is -1.88. The van der Waals surface area contributed by atoms with Gasteiger partial charge in [-0.3, -0.25) is 9.59 Å². The van der Waals surface area contributed by atoms with Gasteiger partial charge in [-0.2, -0.15) is 0 Å². The predicted molar refractivity (Wildman–Crippen MR) is 65.7 cm³/mol. The normalized spacial score (nSPS) is 11.7. The zero-order chi connectivity index (χ0) is 13.4. The fourth-order valence-electron chi connectivity index (χ4n) is 1.51. The van der Waals surface area contributed by atoms with E-state index in [2.05, 4.69) is 10.1 Å². The third kappa shape index (κ3) is 4.55. The molecule has 0 aliphatic carbocycles. The molecule has 0 saturated heterocycles. The second-order valence-corrected chi connectivity index (χ2v) is 3.86. The number of benzene rings is 1. The monoisotopic (exact) mass is 251 g/mol. The molecule has 0 radical (unpaired) electrons. The minimum atomic E-state index is -0.558. The molecule has 0 fully saturated rings. The van der Waals surface area contributed by atoms with E-state index < -0.39 is 11.9 Å². The number of carbonyl (C=O) groups excluding carboxylic acids is 2. The lowest BCUT2D eigenvalue weighted by Crippen LogP contribution is -2.37. The van der Waals surface area contributed by atoms with Crippen LogP contribution in [0.2, 0.25) is 0 Å². The first-order valence-corrected chi connectivity index (χ1v) is 5.66. The summed E-state index contributed by atoms with van der Waals surface area (Å²) in [6.45, 7) is -0.442. The van der Waals surface area contributed by atoms with Crippen molar-refractivity contribution in [2.45, 2.75) is 6.42 Å². The van der Waals surface area contributed by atoms with E-state index in [4.69, 9.17) is 0 Å². The lowest BCUT2D eigenvalue weighted by atomic mass is 9.99. The molecule has 0 unspecified atom stereocenters. The van der Waals surface area contributed by atoms with Gasteiger partial charge in [0.05, 0.1) is 19.6 Å². The van der Waals surface area contributed by atoms with Crippen molar-refractivity contribution in [1.82, 2.24) is 5.32 Å². The highest BCUT2D eigenvalue weighted by Gasteiger charge is 2.18. The maximum atomic E-state index is 11.7. The standard InChI is InChI=1S/C13H17NO4/c1-18-12(16)8-14-13(17)11(9-15)7-10-5-3-2-4-6-10/h2-6,11,15H,7-9H2,1H3,(H,14,17)/t11-/m0/s1. The topological polar surface area (TPSA) is 75.6 Å². The lowest BCUT2D eigenvalue weighted by Gasteiger charge is -2.13. The number of esters is 1. The van der Waals surface area contributed by atoms with E-state index in [1.165, 1.54) is 7.11 Å². The molecule has 2 N–H and O–H groups in total. The first-order valence-electron chi connectivity index (χ1n) is 5.66. The Morgan fingerprint density at radius 3 is 2.56 bits per heavy atom. The fourth-order valence-corrected chi connectivity index (χ4v) is 1.51. The van der Waals surface area contributed by atoms with Crippen molar-refractivity contribution in [1.29, 1.82) is 0 Å². The Morgan fingerprint density at radius 1 is 1.33 bits per heavy atom. The van der Waals surface area contributed by atoms with Gasteiger partial charge in [-0.05, 0) is 12.0 Å². The molecule has 5 nitrogen and oxygen atoms in total. The lowest BCUT2D eigenvalue weighted by molar-refractivity contribution is -0.141. The molecule has 1 amide bonds. The molecule has 5 heteroatoms. The summed E-state index contributed by atoms with van der Waals surface area (Å²) in [5, 5.41) is 11.6. The van der Waals surface area contributed by atoms with Gasteiger partial charge in [0.2, 0.25) is 5.91 Å².